The molecule has 3 radical (unpaired) electrons. The summed E-state index contributed by atoms with van der Waals surface area (Å²) in [6.07, 6.45) is 28.1. The minimum atomic E-state index is -0.705. The van der Waals surface area contributed by atoms with Gasteiger partial charge in [0, 0.05) is 45.4 Å². The third-order valence-electron chi connectivity index (χ3n) is 31.9. The molecule has 12 saturated carbocycles. The van der Waals surface area contributed by atoms with Crippen molar-refractivity contribution in [1.29, 1.82) is 0 Å². The number of carboxylic acid groups (broad SMARTS) is 3. The van der Waals surface area contributed by atoms with Crippen molar-refractivity contribution in [3.8, 4) is 0 Å². The first kappa shape index (κ1) is 81.4. The third kappa shape index (κ3) is 14.1. The summed E-state index contributed by atoms with van der Waals surface area (Å²) >= 11 is 0. The Hall–Kier alpha value is -1.61. The van der Waals surface area contributed by atoms with Gasteiger partial charge in [0.25, 0.3) is 0 Å². The van der Waals surface area contributed by atoms with Gasteiger partial charge in [-0.3, -0.25) is 24.0 Å². The molecule has 7 N–H and O–H groups in total. The standard InChI is InChI=1S/C26H44O4.C26H42O4.C26H40O4.2CH4.B.Na.H/c3*1-5-17-21-14-16(27)10-12-26(21,4)20-11-13-25(3)18(15(2)6-9-22(28)29)7-8-19(25)23(20)24(17)30;;;;;/h15-21,23-24,27,30H,5-14H2,1-4H3,(H,28,29);15-21,23,27H,5-14H2,1-4H3,(H,28,29);5,15-16,18-21,23,27H,6-14H2,1-4H3,(H,28,29);2*1H4;;;/q;;;;;;+1;-1/b;;17-5+;;;;;/t15-,16-,17-,18-,19+,20+,21+,23+,24-,25-,26-;15-,16-,17-,18-,19+,20+,21+,23+,25-,26-;15-,16-,18-,19+,20+,21+,23+,25-,26-;;;;;/m111...../s1. The fourth-order valence-electron chi connectivity index (χ4n) is 27.4. The van der Waals surface area contributed by atoms with Crippen LogP contribution in [-0.4, -0.2) is 98.0 Å². The quantitative estimate of drug-likeness (QED) is 0.0637. The predicted molar refractivity (Wildman–Crippen MR) is 372 cm³/mol. The summed E-state index contributed by atoms with van der Waals surface area (Å²) in [5, 5.41) is 70.3. The van der Waals surface area contributed by atoms with Gasteiger partial charge in [0.05, 0.1) is 24.4 Å². The molecular weight excluding hydrogens is 1190 g/mol. The molecular formula is C80H135BNaO12. The number of hydrogen-bond acceptors (Lipinski definition) is 9. The predicted octanol–water partition coefficient (Wildman–Crippen LogP) is 13.7. The Balaban J connectivity index is 0.000000251. The molecule has 0 unspecified atom stereocenters. The summed E-state index contributed by atoms with van der Waals surface area (Å²) in [6, 6.07) is 0. The van der Waals surface area contributed by atoms with Gasteiger partial charge in [0.2, 0.25) is 0 Å². The van der Waals surface area contributed by atoms with Crippen molar-refractivity contribution in [1.82, 2.24) is 0 Å². The zero-order valence-electron chi connectivity index (χ0n) is 60.7. The van der Waals surface area contributed by atoms with Crippen molar-refractivity contribution in [2.45, 2.75) is 309 Å². The second-order valence-electron chi connectivity index (χ2n) is 35.3. The third-order valence-corrected chi connectivity index (χ3v) is 31.9. The maximum Gasteiger partial charge on any atom is 1.00 e. The first-order valence-corrected chi connectivity index (χ1v) is 37.5. The fraction of sp³-hybridized carbons (Fsp3) is 0.912. The van der Waals surface area contributed by atoms with Crippen LogP contribution in [0.1, 0.15) is 286 Å². The van der Waals surface area contributed by atoms with E-state index in [0.717, 1.165) is 140 Å². The molecule has 0 aromatic heterocycles. The molecule has 12 nitrogen and oxygen atoms in total. The van der Waals surface area contributed by atoms with Gasteiger partial charge >= 0.3 is 47.5 Å². The van der Waals surface area contributed by atoms with Crippen molar-refractivity contribution >= 4 is 37.9 Å². The Labute approximate surface area is 595 Å². The van der Waals surface area contributed by atoms with Crippen LogP contribution in [0.3, 0.4) is 0 Å². The molecule has 12 rings (SSSR count). The number of allylic oxidation sites excluding steroid dienone is 2. The van der Waals surface area contributed by atoms with E-state index >= 15 is 0 Å². The summed E-state index contributed by atoms with van der Waals surface area (Å²) in [5.41, 5.74) is 2.09. The van der Waals surface area contributed by atoms with E-state index in [1.165, 1.54) is 32.1 Å². The van der Waals surface area contributed by atoms with Crippen LogP contribution in [0.25, 0.3) is 0 Å². The number of carbonyl (C=O) groups is 5. The van der Waals surface area contributed by atoms with E-state index in [0.29, 0.717) is 106 Å². The second kappa shape index (κ2) is 31.3. The summed E-state index contributed by atoms with van der Waals surface area (Å²) in [5.74, 6) is 6.62. The van der Waals surface area contributed by atoms with Crippen molar-refractivity contribution < 1.29 is 90.7 Å². The molecule has 0 saturated heterocycles. The molecule has 0 spiro atoms. The van der Waals surface area contributed by atoms with E-state index in [1.807, 2.05) is 13.0 Å². The van der Waals surface area contributed by atoms with Crippen LogP contribution in [-0.2, 0) is 24.0 Å². The number of ketones is 2. The largest absolute Gasteiger partial charge is 1.00 e. The average molecular weight is 1320 g/mol. The summed E-state index contributed by atoms with van der Waals surface area (Å²) in [7, 11) is 0. The minimum Gasteiger partial charge on any atom is -1.00 e. The van der Waals surface area contributed by atoms with Gasteiger partial charge in [-0.1, -0.05) is 104 Å². The minimum absolute atomic E-state index is 0. The first-order chi connectivity index (χ1) is 42.4. The van der Waals surface area contributed by atoms with Gasteiger partial charge in [0.1, 0.15) is 5.78 Å². The second-order valence-corrected chi connectivity index (χ2v) is 35.3. The average Bonchev–Trinajstić information content (AvgIpc) is 1.69. The van der Waals surface area contributed by atoms with E-state index in [1.54, 1.807) is 0 Å². The van der Waals surface area contributed by atoms with Gasteiger partial charge in [-0.25, -0.2) is 0 Å². The van der Waals surface area contributed by atoms with Crippen molar-refractivity contribution in [3.05, 3.63) is 11.6 Å². The van der Waals surface area contributed by atoms with Crippen molar-refractivity contribution in [3.63, 3.8) is 0 Å². The maximum atomic E-state index is 13.9. The van der Waals surface area contributed by atoms with E-state index in [-0.39, 0.29) is 154 Å². The number of carbonyl (C=O) groups excluding carboxylic acids is 2. The van der Waals surface area contributed by atoms with Gasteiger partial charge in [-0.2, -0.15) is 0 Å². The van der Waals surface area contributed by atoms with E-state index in [2.05, 4.69) is 76.2 Å². The molecule has 12 fully saturated rings. The zero-order valence-corrected chi connectivity index (χ0v) is 61.7. The molecule has 94 heavy (non-hydrogen) atoms. The van der Waals surface area contributed by atoms with Gasteiger partial charge in [0.15, 0.2) is 5.78 Å². The summed E-state index contributed by atoms with van der Waals surface area (Å²) in [6.45, 7) is 27.8. The molecule has 12 aliphatic carbocycles. The van der Waals surface area contributed by atoms with Crippen LogP contribution in [0.4, 0.5) is 0 Å². The van der Waals surface area contributed by atoms with E-state index in [9.17, 15) is 44.4 Å². The fourth-order valence-corrected chi connectivity index (χ4v) is 27.4. The molecule has 12 aliphatic rings. The Morgan fingerprint density at radius 2 is 0.830 bits per heavy atom. The maximum absolute atomic E-state index is 13.9. The molecule has 0 heterocycles. The molecule has 0 aliphatic heterocycles. The summed E-state index contributed by atoms with van der Waals surface area (Å²) in [4.78, 5) is 61.1. The Kier molecular flexibility index (Phi) is 27.1. The smallest absolute Gasteiger partial charge is 1.00 e. The number of rotatable bonds is 14. The van der Waals surface area contributed by atoms with Crippen LogP contribution in [0.5, 0.6) is 0 Å². The van der Waals surface area contributed by atoms with Gasteiger partial charge in [-0.15, -0.1) is 0 Å². The topological polar surface area (TPSA) is 227 Å². The van der Waals surface area contributed by atoms with Crippen LogP contribution in [0, 0.1) is 151 Å². The number of aliphatic hydroxyl groups excluding tert-OH is 4. The van der Waals surface area contributed by atoms with E-state index < -0.39 is 17.9 Å². The molecule has 0 aromatic rings. The molecule has 0 bridgehead atoms. The van der Waals surface area contributed by atoms with Crippen LogP contribution in [0.15, 0.2) is 11.6 Å². The van der Waals surface area contributed by atoms with Crippen LogP contribution >= 0.6 is 0 Å². The van der Waals surface area contributed by atoms with Crippen LogP contribution in [0.2, 0.25) is 0 Å². The molecule has 0 amide bonds. The number of fused-ring (bicyclic) bond motifs is 15. The first-order valence-electron chi connectivity index (χ1n) is 37.5. The Morgan fingerprint density at radius 1 is 0.479 bits per heavy atom. The molecule has 0 aromatic carbocycles. The number of hydrogen-bond donors (Lipinski definition) is 7. The number of aliphatic hydroxyl groups is 4. The summed E-state index contributed by atoms with van der Waals surface area (Å²) < 4.78 is 0. The van der Waals surface area contributed by atoms with Crippen molar-refractivity contribution in [2.75, 3.05) is 0 Å². The normalized spacial score (nSPS) is 47.4. The number of Topliss-reactive ketones (excluding diaryl/α,β-unsaturated/α-hetero) is 2. The Bertz CT molecular complexity index is 2660. The number of aliphatic carboxylic acids is 3. The molecule has 531 valence electrons. The Morgan fingerprint density at radius 3 is 1.27 bits per heavy atom. The molecule has 14 heteroatoms. The number of carboxylic acids is 3. The van der Waals surface area contributed by atoms with Gasteiger partial charge < -0.3 is 37.2 Å². The zero-order chi connectivity index (χ0) is 65.5. The van der Waals surface area contributed by atoms with Crippen molar-refractivity contribution in [2.24, 2.45) is 151 Å². The van der Waals surface area contributed by atoms with E-state index in [4.69, 9.17) is 15.3 Å². The SMILES string of the molecule is C.C.C/C=C1/C(=O)[C@@H]2[C@H](CC[C@]3(C)[C@@H]([C@H](C)CCC(=O)O)CC[C@@H]23)[C@@]2(C)CC[C@@H](O)C[C@@H]12.CC[C@H]1C(=O)[C@@H]2[C@H](CC[C@]3(C)[C@@H]([C@H](C)CCC(=O)O)CC[C@@H]23)[C@@]2(C)CC[C@@H](O)C[C@@H]12.CC[C@H]1[C@@H](O)[C@@H]2[C@H](CC[C@]3(C)[C@@H]([C@H](C)CCC(=O)O)CC[C@@H]23)[C@@]2(C)CC[C@@H](O)C[C@@H]12.[B].[H-].[Na+]. The van der Waals surface area contributed by atoms with Crippen LogP contribution < -0.4 is 29.6 Å². The van der Waals surface area contributed by atoms with Gasteiger partial charge in [-0.05, 0) is 306 Å². The monoisotopic (exact) mass is 1320 g/mol. The molecule has 30 atom stereocenters.